The van der Waals surface area contributed by atoms with E-state index in [0.29, 0.717) is 6.54 Å². The van der Waals surface area contributed by atoms with E-state index >= 15 is 0 Å². The van der Waals surface area contributed by atoms with E-state index in [4.69, 9.17) is 4.42 Å². The fraction of sp³-hybridized carbons (Fsp3) is 0.364. The van der Waals surface area contributed by atoms with Crippen LogP contribution in [0.2, 0.25) is 0 Å². The molecule has 0 saturated heterocycles. The maximum Gasteiger partial charge on any atom is 0.273 e. The van der Waals surface area contributed by atoms with E-state index in [0.717, 1.165) is 5.76 Å². The average Bonchev–Trinajstić information content (AvgIpc) is 2.97. The lowest BCUT2D eigenvalue weighted by molar-refractivity contribution is 0.0939. The number of hydrogen-bond donors (Lipinski definition) is 2. The van der Waals surface area contributed by atoms with Crippen LogP contribution >= 0.6 is 0 Å². The van der Waals surface area contributed by atoms with Gasteiger partial charge in [0.05, 0.1) is 12.5 Å². The van der Waals surface area contributed by atoms with Crippen molar-refractivity contribution in [1.29, 1.82) is 0 Å². The van der Waals surface area contributed by atoms with Gasteiger partial charge in [-0.3, -0.25) is 4.79 Å². The van der Waals surface area contributed by atoms with Crippen molar-refractivity contribution in [2.75, 3.05) is 6.54 Å². The second kappa shape index (κ2) is 4.40. The van der Waals surface area contributed by atoms with Gasteiger partial charge in [0.15, 0.2) is 5.69 Å². The molecule has 90 valence electrons. The van der Waals surface area contributed by atoms with Crippen molar-refractivity contribution in [3.05, 3.63) is 36.0 Å². The Morgan fingerprint density at radius 2 is 2.41 bits per heavy atom. The third-order valence-corrected chi connectivity index (χ3v) is 2.53. The number of amides is 1. The van der Waals surface area contributed by atoms with Crippen LogP contribution in [0.15, 0.2) is 29.0 Å². The lowest BCUT2D eigenvalue weighted by Gasteiger charge is -2.21. The molecule has 0 aromatic carbocycles. The summed E-state index contributed by atoms with van der Waals surface area (Å²) in [5.41, 5.74) is 0.0170. The van der Waals surface area contributed by atoms with Crippen LogP contribution in [0.5, 0.6) is 0 Å². The zero-order chi connectivity index (χ0) is 12.3. The molecular weight excluding hydrogens is 220 g/mol. The molecule has 6 heteroatoms. The largest absolute Gasteiger partial charge is 0.469 e. The highest BCUT2D eigenvalue weighted by molar-refractivity contribution is 5.91. The smallest absolute Gasteiger partial charge is 0.273 e. The number of nitrogens with zero attached hydrogens (tertiary/aromatic N) is 2. The van der Waals surface area contributed by atoms with E-state index < -0.39 is 0 Å². The van der Waals surface area contributed by atoms with Crippen molar-refractivity contribution < 1.29 is 9.21 Å². The molecule has 0 fully saturated rings. The summed E-state index contributed by atoms with van der Waals surface area (Å²) in [5, 5.41) is 12.5. The van der Waals surface area contributed by atoms with E-state index in [2.05, 4.69) is 20.7 Å². The molecule has 0 atom stereocenters. The topological polar surface area (TPSA) is 83.8 Å². The molecule has 0 radical (unpaired) electrons. The Balaban J connectivity index is 1.96. The van der Waals surface area contributed by atoms with Crippen LogP contribution < -0.4 is 5.32 Å². The second-order valence-corrected chi connectivity index (χ2v) is 4.40. The quantitative estimate of drug-likeness (QED) is 0.829. The molecule has 0 spiro atoms. The minimum atomic E-state index is -0.261. The van der Waals surface area contributed by atoms with Crippen LogP contribution in [0.25, 0.3) is 0 Å². The van der Waals surface area contributed by atoms with Crippen molar-refractivity contribution in [1.82, 2.24) is 20.7 Å². The Hall–Kier alpha value is -2.11. The Labute approximate surface area is 98.4 Å². The first-order valence-corrected chi connectivity index (χ1v) is 5.27. The average molecular weight is 234 g/mol. The summed E-state index contributed by atoms with van der Waals surface area (Å²) in [6.07, 6.45) is 3.01. The van der Waals surface area contributed by atoms with E-state index in [1.807, 2.05) is 26.0 Å². The Kier molecular flexibility index (Phi) is 2.95. The van der Waals surface area contributed by atoms with Gasteiger partial charge in [0.2, 0.25) is 0 Å². The zero-order valence-electron chi connectivity index (χ0n) is 9.73. The van der Waals surface area contributed by atoms with Crippen LogP contribution in [-0.4, -0.2) is 27.9 Å². The highest BCUT2D eigenvalue weighted by atomic mass is 16.3. The molecule has 0 aliphatic heterocycles. The summed E-state index contributed by atoms with van der Waals surface area (Å²) in [6.45, 7) is 4.45. The first-order chi connectivity index (χ1) is 8.09. The van der Waals surface area contributed by atoms with Gasteiger partial charge in [0.1, 0.15) is 5.76 Å². The van der Waals surface area contributed by atoms with E-state index in [1.54, 1.807) is 6.26 Å². The van der Waals surface area contributed by atoms with Gasteiger partial charge in [-0.2, -0.15) is 15.4 Å². The Morgan fingerprint density at radius 1 is 1.59 bits per heavy atom. The molecule has 0 unspecified atom stereocenters. The van der Waals surface area contributed by atoms with Gasteiger partial charge >= 0.3 is 0 Å². The molecule has 2 heterocycles. The second-order valence-electron chi connectivity index (χ2n) is 4.40. The maximum absolute atomic E-state index is 11.7. The SMILES string of the molecule is CC(C)(CNC(=O)c1cn[nH]n1)c1ccco1. The standard InChI is InChI=1S/C11H14N4O2/c1-11(2,9-4-3-5-17-9)7-12-10(16)8-6-13-15-14-8/h3-6H,7H2,1-2H3,(H,12,16)(H,13,14,15). The fourth-order valence-electron chi connectivity index (χ4n) is 1.45. The summed E-state index contributed by atoms with van der Waals surface area (Å²) in [4.78, 5) is 11.7. The van der Waals surface area contributed by atoms with Gasteiger partial charge in [-0.1, -0.05) is 13.8 Å². The lowest BCUT2D eigenvalue weighted by atomic mass is 9.90. The normalized spacial score (nSPS) is 11.4. The van der Waals surface area contributed by atoms with Crippen molar-refractivity contribution in [2.24, 2.45) is 0 Å². The first kappa shape index (κ1) is 11.4. The molecular formula is C11H14N4O2. The number of hydrogen-bond acceptors (Lipinski definition) is 4. The Morgan fingerprint density at radius 3 is 3.00 bits per heavy atom. The number of carbonyl (C=O) groups is 1. The van der Waals surface area contributed by atoms with Crippen LogP contribution in [0.1, 0.15) is 30.1 Å². The number of aromatic nitrogens is 3. The molecule has 0 saturated carbocycles. The van der Waals surface area contributed by atoms with Gasteiger partial charge in [-0.25, -0.2) is 0 Å². The molecule has 2 N–H and O–H groups in total. The number of carbonyl (C=O) groups excluding carboxylic acids is 1. The maximum atomic E-state index is 11.7. The number of nitrogens with one attached hydrogen (secondary N) is 2. The highest BCUT2D eigenvalue weighted by Gasteiger charge is 2.24. The lowest BCUT2D eigenvalue weighted by Crippen LogP contribution is -2.36. The molecule has 17 heavy (non-hydrogen) atoms. The molecule has 0 aliphatic carbocycles. The number of furan rings is 1. The number of aromatic amines is 1. The monoisotopic (exact) mass is 234 g/mol. The first-order valence-electron chi connectivity index (χ1n) is 5.27. The van der Waals surface area contributed by atoms with Crippen molar-refractivity contribution in [2.45, 2.75) is 19.3 Å². The molecule has 2 aromatic rings. The van der Waals surface area contributed by atoms with Crippen molar-refractivity contribution in [3.63, 3.8) is 0 Å². The van der Waals surface area contributed by atoms with Gasteiger partial charge in [0, 0.05) is 12.0 Å². The van der Waals surface area contributed by atoms with Gasteiger partial charge in [-0.05, 0) is 12.1 Å². The Bertz CT molecular complexity index is 474. The van der Waals surface area contributed by atoms with Crippen molar-refractivity contribution in [3.8, 4) is 0 Å². The van der Waals surface area contributed by atoms with Crippen molar-refractivity contribution >= 4 is 5.91 Å². The summed E-state index contributed by atoms with van der Waals surface area (Å²) in [6, 6.07) is 3.72. The summed E-state index contributed by atoms with van der Waals surface area (Å²) >= 11 is 0. The summed E-state index contributed by atoms with van der Waals surface area (Å²) in [5.74, 6) is 0.580. The van der Waals surface area contributed by atoms with Gasteiger partial charge in [-0.15, -0.1) is 0 Å². The minimum absolute atomic E-state index is 0.251. The highest BCUT2D eigenvalue weighted by Crippen LogP contribution is 2.22. The van der Waals surface area contributed by atoms with Gasteiger partial charge < -0.3 is 9.73 Å². The predicted molar refractivity (Wildman–Crippen MR) is 60.4 cm³/mol. The van der Waals surface area contributed by atoms with E-state index in [9.17, 15) is 4.79 Å². The van der Waals surface area contributed by atoms with Crippen LogP contribution in [0.4, 0.5) is 0 Å². The van der Waals surface area contributed by atoms with Gasteiger partial charge in [0.25, 0.3) is 5.91 Å². The summed E-state index contributed by atoms with van der Waals surface area (Å²) < 4.78 is 5.34. The predicted octanol–water partition coefficient (Wildman–Crippen LogP) is 1.11. The van der Waals surface area contributed by atoms with E-state index in [1.165, 1.54) is 6.20 Å². The number of H-pyrrole nitrogens is 1. The van der Waals surface area contributed by atoms with E-state index in [-0.39, 0.29) is 17.0 Å². The third kappa shape index (κ3) is 2.52. The van der Waals surface area contributed by atoms with Crippen LogP contribution in [0, 0.1) is 0 Å². The molecule has 6 nitrogen and oxygen atoms in total. The third-order valence-electron chi connectivity index (χ3n) is 2.53. The zero-order valence-corrected chi connectivity index (χ0v) is 9.73. The fourth-order valence-corrected chi connectivity index (χ4v) is 1.45. The molecule has 2 aromatic heterocycles. The van der Waals surface area contributed by atoms with Crippen LogP contribution in [0.3, 0.4) is 0 Å². The molecule has 0 bridgehead atoms. The number of rotatable bonds is 4. The van der Waals surface area contributed by atoms with Crippen LogP contribution in [-0.2, 0) is 5.41 Å². The molecule has 0 aliphatic rings. The molecule has 2 rings (SSSR count). The molecule has 1 amide bonds. The minimum Gasteiger partial charge on any atom is -0.469 e. The summed E-state index contributed by atoms with van der Waals surface area (Å²) in [7, 11) is 0.